The van der Waals surface area contributed by atoms with Gasteiger partial charge in [-0.15, -0.1) is 34.0 Å². The van der Waals surface area contributed by atoms with Crippen LogP contribution in [0.2, 0.25) is 0 Å². The Kier molecular flexibility index (Phi) is 7.68. The summed E-state index contributed by atoms with van der Waals surface area (Å²) in [5.74, 6) is 0. The third-order valence-electron chi connectivity index (χ3n) is 8.19. The predicted octanol–water partition coefficient (Wildman–Crippen LogP) is 13.9. The van der Waals surface area contributed by atoms with Crippen LogP contribution in [-0.2, 0) is 0 Å². The fraction of sp³-hybridized carbons (Fsp3) is 0.0732. The fourth-order valence-corrected chi connectivity index (χ4v) is 9.45. The lowest BCUT2D eigenvalue weighted by molar-refractivity contribution is 1.39. The minimum absolute atomic E-state index is 0.956. The molecule has 0 atom stereocenters. The van der Waals surface area contributed by atoms with Crippen LogP contribution in [0, 0.1) is 13.8 Å². The summed E-state index contributed by atoms with van der Waals surface area (Å²) in [6.07, 6.45) is 10.2. The van der Waals surface area contributed by atoms with Crippen LogP contribution in [0.25, 0.3) is 63.8 Å². The van der Waals surface area contributed by atoms with E-state index in [4.69, 9.17) is 0 Å². The van der Waals surface area contributed by atoms with Crippen LogP contribution >= 0.6 is 45.8 Å². The highest BCUT2D eigenvalue weighted by Crippen LogP contribution is 2.41. The van der Waals surface area contributed by atoms with E-state index < -0.39 is 0 Å². The molecule has 1 aliphatic rings. The van der Waals surface area contributed by atoms with Crippen molar-refractivity contribution in [1.82, 2.24) is 0 Å². The van der Waals surface area contributed by atoms with Crippen molar-refractivity contribution in [2.75, 3.05) is 0 Å². The molecule has 0 N–H and O–H groups in total. The van der Waals surface area contributed by atoms with Crippen molar-refractivity contribution in [1.29, 1.82) is 0 Å². The molecule has 218 valence electrons. The second-order valence-corrected chi connectivity index (χ2v) is 16.2. The lowest BCUT2D eigenvalue weighted by Crippen LogP contribution is -1.87. The van der Waals surface area contributed by atoms with Crippen LogP contribution in [0.15, 0.2) is 132 Å². The molecule has 0 unspecified atom stereocenters. The zero-order valence-corrected chi connectivity index (χ0v) is 28.3. The molecule has 0 saturated heterocycles. The van der Waals surface area contributed by atoms with Gasteiger partial charge in [0.15, 0.2) is 0 Å². The summed E-state index contributed by atoms with van der Waals surface area (Å²) in [7, 11) is 0. The molecule has 7 aromatic rings. The summed E-state index contributed by atoms with van der Waals surface area (Å²) in [4.78, 5) is 10.6. The zero-order chi connectivity index (χ0) is 30.3. The van der Waals surface area contributed by atoms with Gasteiger partial charge in [0.25, 0.3) is 0 Å². The van der Waals surface area contributed by atoms with Crippen molar-refractivity contribution < 1.29 is 0 Å². The molecule has 0 radical (unpaired) electrons. The van der Waals surface area contributed by atoms with Crippen molar-refractivity contribution in [2.45, 2.75) is 20.3 Å². The smallest absolute Gasteiger partial charge is 0.0349 e. The van der Waals surface area contributed by atoms with E-state index in [1.54, 1.807) is 0 Å². The van der Waals surface area contributed by atoms with Crippen molar-refractivity contribution in [2.24, 2.45) is 0 Å². The van der Waals surface area contributed by atoms with Crippen LogP contribution < -0.4 is 0 Å². The Morgan fingerprint density at radius 2 is 0.956 bits per heavy atom. The minimum Gasteiger partial charge on any atom is -0.141 e. The van der Waals surface area contributed by atoms with Crippen LogP contribution in [0.4, 0.5) is 0 Å². The molecule has 4 aromatic carbocycles. The average Bonchev–Trinajstić information content (AvgIpc) is 3.84. The molecule has 45 heavy (non-hydrogen) atoms. The molecular formula is C41H30S4. The van der Waals surface area contributed by atoms with Gasteiger partial charge in [0.05, 0.1) is 0 Å². The monoisotopic (exact) mass is 650 g/mol. The highest BCUT2D eigenvalue weighted by molar-refractivity contribution is 8.12. The number of thioether (sulfide) groups is 1. The van der Waals surface area contributed by atoms with Crippen molar-refractivity contribution in [3.8, 4) is 31.3 Å². The van der Waals surface area contributed by atoms with E-state index in [1.807, 2.05) is 45.8 Å². The zero-order valence-electron chi connectivity index (χ0n) is 25.0. The second-order valence-electron chi connectivity index (χ2n) is 11.4. The number of allylic oxidation sites excluding steroid dienone is 3. The topological polar surface area (TPSA) is 0 Å². The Labute approximate surface area is 280 Å². The molecule has 0 aliphatic carbocycles. The number of fused-ring (bicyclic) bond motifs is 2. The summed E-state index contributed by atoms with van der Waals surface area (Å²) in [5.41, 5.74) is 5.16. The lowest BCUT2D eigenvalue weighted by atomic mass is 10.0. The molecule has 1 aliphatic heterocycles. The average molecular weight is 651 g/mol. The Balaban J connectivity index is 0.957. The fourth-order valence-electron chi connectivity index (χ4n) is 5.82. The molecule has 0 bridgehead atoms. The van der Waals surface area contributed by atoms with E-state index in [0.29, 0.717) is 0 Å². The van der Waals surface area contributed by atoms with Gasteiger partial charge in [-0.1, -0.05) is 72.4 Å². The van der Waals surface area contributed by atoms with Gasteiger partial charge in [-0.25, -0.2) is 0 Å². The highest BCUT2D eigenvalue weighted by atomic mass is 32.2. The lowest BCUT2D eigenvalue weighted by Gasteiger charge is -2.13. The van der Waals surface area contributed by atoms with Crippen LogP contribution in [0.3, 0.4) is 0 Å². The largest absolute Gasteiger partial charge is 0.141 e. The molecule has 0 nitrogen and oxygen atoms in total. The molecular weight excluding hydrogens is 621 g/mol. The van der Waals surface area contributed by atoms with E-state index in [9.17, 15) is 0 Å². The predicted molar refractivity (Wildman–Crippen MR) is 205 cm³/mol. The van der Waals surface area contributed by atoms with E-state index in [-0.39, 0.29) is 0 Å². The van der Waals surface area contributed by atoms with Crippen molar-refractivity contribution in [3.05, 3.63) is 153 Å². The quantitative estimate of drug-likeness (QED) is 0.173. The van der Waals surface area contributed by atoms with Gasteiger partial charge in [0.2, 0.25) is 0 Å². The Morgan fingerprint density at radius 3 is 1.49 bits per heavy atom. The Morgan fingerprint density at radius 1 is 0.467 bits per heavy atom. The molecule has 4 heteroatoms. The first-order valence-corrected chi connectivity index (χ1v) is 18.4. The Bertz CT molecular complexity index is 2300. The van der Waals surface area contributed by atoms with Gasteiger partial charge in [-0.2, -0.15) is 0 Å². The molecule has 3 aromatic heterocycles. The van der Waals surface area contributed by atoms with Crippen LogP contribution in [0.1, 0.15) is 26.6 Å². The van der Waals surface area contributed by atoms with E-state index in [0.717, 1.165) is 6.42 Å². The van der Waals surface area contributed by atoms with E-state index in [1.165, 1.54) is 82.9 Å². The number of aryl methyl sites for hydroxylation is 2. The first-order valence-electron chi connectivity index (χ1n) is 15.1. The van der Waals surface area contributed by atoms with E-state index >= 15 is 0 Å². The van der Waals surface area contributed by atoms with Gasteiger partial charge in [-0.3, -0.25) is 0 Å². The molecule has 0 saturated carbocycles. The minimum atomic E-state index is 0.956. The Hall–Kier alpha value is -3.93. The molecule has 0 amide bonds. The number of hydrogen-bond donors (Lipinski definition) is 0. The van der Waals surface area contributed by atoms with E-state index in [2.05, 4.69) is 147 Å². The first kappa shape index (κ1) is 28.5. The van der Waals surface area contributed by atoms with Gasteiger partial charge in [0.1, 0.15) is 0 Å². The number of hydrogen-bond acceptors (Lipinski definition) is 4. The third kappa shape index (κ3) is 6.04. The summed E-state index contributed by atoms with van der Waals surface area (Å²) >= 11 is 7.42. The van der Waals surface area contributed by atoms with Crippen molar-refractivity contribution >= 4 is 78.3 Å². The maximum atomic E-state index is 2.35. The maximum absolute atomic E-state index is 2.35. The number of rotatable bonds is 6. The normalized spacial score (nSPS) is 13.6. The summed E-state index contributed by atoms with van der Waals surface area (Å²) in [6, 6.07) is 40.7. The van der Waals surface area contributed by atoms with Gasteiger partial charge in [-0.05, 0) is 137 Å². The molecule has 4 heterocycles. The number of benzene rings is 4. The SMILES string of the molecule is Cc1ccc(-c2ccc3cc(C4=CCC=C(/C=C/c5ccc(-c6ccc7cc(-c8ccc(C)s8)ccc7c6)s5)S4)ccc3c2)s1. The van der Waals surface area contributed by atoms with Gasteiger partial charge < -0.3 is 0 Å². The first-order chi connectivity index (χ1) is 22.0. The van der Waals surface area contributed by atoms with Crippen LogP contribution in [-0.4, -0.2) is 0 Å². The van der Waals surface area contributed by atoms with Crippen molar-refractivity contribution in [3.63, 3.8) is 0 Å². The maximum Gasteiger partial charge on any atom is 0.0349 e. The molecule has 8 rings (SSSR count). The third-order valence-corrected chi connectivity index (χ3v) is 12.5. The molecule has 0 spiro atoms. The summed E-state index contributed by atoms with van der Waals surface area (Å²) < 4.78 is 0. The second kappa shape index (κ2) is 12.1. The van der Waals surface area contributed by atoms with Gasteiger partial charge >= 0.3 is 0 Å². The molecule has 0 fully saturated rings. The van der Waals surface area contributed by atoms with Gasteiger partial charge in [0, 0.05) is 39.1 Å². The standard InChI is InChI=1S/C41H30S4/c1-26-6-19-39(42-26)33-13-9-28-22-32(12-8-29(28)23-33)38-5-3-4-36(44-38)16-17-37-18-21-41(45-37)35-15-11-30-24-34(14-10-31(30)25-35)40-20-7-27(2)43-40/h4-25H,3H2,1-2H3/b17-16+. The number of thiophene rings is 3. The highest BCUT2D eigenvalue weighted by Gasteiger charge is 2.11. The summed E-state index contributed by atoms with van der Waals surface area (Å²) in [5, 5.41) is 5.14. The summed E-state index contributed by atoms with van der Waals surface area (Å²) in [6.45, 7) is 4.33. The van der Waals surface area contributed by atoms with Crippen LogP contribution in [0.5, 0.6) is 0 Å².